The van der Waals surface area contributed by atoms with Crippen molar-refractivity contribution in [2.24, 2.45) is 0 Å². The van der Waals surface area contributed by atoms with Crippen LogP contribution in [0, 0.1) is 0 Å². The van der Waals surface area contributed by atoms with Crippen LogP contribution in [-0.2, 0) is 4.79 Å². The van der Waals surface area contributed by atoms with E-state index in [1.807, 2.05) is 24.3 Å². The molecule has 0 aliphatic carbocycles. The molecule has 2 aliphatic heterocycles. The Morgan fingerprint density at radius 2 is 1.68 bits per heavy atom. The third-order valence-electron chi connectivity index (χ3n) is 6.99. The van der Waals surface area contributed by atoms with Gasteiger partial charge in [0.15, 0.2) is 0 Å². The molecule has 4 heterocycles. The van der Waals surface area contributed by atoms with Gasteiger partial charge in [0.25, 0.3) is 5.56 Å². The lowest BCUT2D eigenvalue weighted by molar-refractivity contribution is -0.109. The molecule has 1 aromatic carbocycles. The van der Waals surface area contributed by atoms with E-state index in [9.17, 15) is 9.59 Å². The second-order valence-electron chi connectivity index (χ2n) is 9.54. The Kier molecular flexibility index (Phi) is 8.21. The van der Waals surface area contributed by atoms with Gasteiger partial charge in [-0.1, -0.05) is 12.8 Å². The van der Waals surface area contributed by atoms with Crippen molar-refractivity contribution in [3.63, 3.8) is 0 Å². The van der Waals surface area contributed by atoms with Crippen LogP contribution in [0.5, 0.6) is 5.75 Å². The van der Waals surface area contributed by atoms with Gasteiger partial charge < -0.3 is 19.7 Å². The lowest BCUT2D eigenvalue weighted by Crippen LogP contribution is -2.47. The summed E-state index contributed by atoms with van der Waals surface area (Å²) in [5.74, 6) is 1.87. The van der Waals surface area contributed by atoms with Gasteiger partial charge in [0.1, 0.15) is 35.4 Å². The summed E-state index contributed by atoms with van der Waals surface area (Å²) in [6, 6.07) is 7.66. The van der Waals surface area contributed by atoms with Crippen molar-refractivity contribution in [1.29, 1.82) is 0 Å². The van der Waals surface area contributed by atoms with Crippen LogP contribution in [0.25, 0.3) is 10.9 Å². The van der Waals surface area contributed by atoms with Crippen molar-refractivity contribution in [3.8, 4) is 5.75 Å². The van der Waals surface area contributed by atoms with Crippen molar-refractivity contribution >= 4 is 34.6 Å². The molecule has 11 heteroatoms. The van der Waals surface area contributed by atoms with Crippen LogP contribution >= 0.6 is 0 Å². The second-order valence-corrected chi connectivity index (χ2v) is 9.54. The molecule has 196 valence electrons. The molecule has 2 aliphatic rings. The second kappa shape index (κ2) is 12.1. The molecule has 5 rings (SSSR count). The van der Waals surface area contributed by atoms with Crippen LogP contribution in [0.2, 0.25) is 0 Å². The molecule has 2 N–H and O–H groups in total. The molecular weight excluding hydrogens is 472 g/mol. The van der Waals surface area contributed by atoms with Crippen molar-refractivity contribution in [2.75, 3.05) is 69.2 Å². The Hall–Kier alpha value is -3.57. The minimum atomic E-state index is -0.325. The highest BCUT2D eigenvalue weighted by Gasteiger charge is 2.18. The Balaban J connectivity index is 1.23. The highest BCUT2D eigenvalue weighted by atomic mass is 16.5. The van der Waals surface area contributed by atoms with Crippen LogP contribution in [0.4, 0.5) is 17.5 Å². The molecule has 0 bridgehead atoms. The van der Waals surface area contributed by atoms with E-state index in [1.165, 1.54) is 12.8 Å². The molecule has 0 unspecified atom stereocenters. The number of fused-ring (bicyclic) bond motifs is 1. The molecule has 0 radical (unpaired) electrons. The number of hydrogen-bond acceptors (Lipinski definition) is 10. The number of aromatic nitrogens is 4. The summed E-state index contributed by atoms with van der Waals surface area (Å²) in [6.45, 7) is 7.48. The molecule has 0 amide bonds. The smallest absolute Gasteiger partial charge is 0.277 e. The minimum Gasteiger partial charge on any atom is -0.492 e. The molecule has 37 heavy (non-hydrogen) atoms. The fraction of sp³-hybridized carbons (Fsp3) is 0.500. The highest BCUT2D eigenvalue weighted by Crippen LogP contribution is 2.26. The average Bonchev–Trinajstić information content (AvgIpc) is 3.21. The quantitative estimate of drug-likeness (QED) is 0.417. The first-order chi connectivity index (χ1) is 18.2. The standard InChI is InChI=1S/C26H34N8O3/c35-17-15-32-11-13-33(14-12-32)16-18-37-21-7-5-20(6-8-21)28-24-23-22(19-27-31-25(23)36)29-26(30-24)34-9-3-1-2-4-10-34/h5-8,17,19H,1-4,9-16,18H2,(H,31,36)(H,28,29,30). The number of H-pyrrole nitrogens is 1. The predicted octanol–water partition coefficient (Wildman–Crippen LogP) is 2.03. The average molecular weight is 507 g/mol. The van der Waals surface area contributed by atoms with Gasteiger partial charge in [-0.05, 0) is 37.1 Å². The van der Waals surface area contributed by atoms with Crippen LogP contribution in [0.3, 0.4) is 0 Å². The predicted molar refractivity (Wildman–Crippen MR) is 143 cm³/mol. The maximum Gasteiger partial charge on any atom is 0.277 e. The SMILES string of the molecule is O=CCN1CCN(CCOc2ccc(Nc3nc(N4CCCCCC4)nc4cn[nH]c(=O)c34)cc2)CC1. The number of carbonyl (C=O) groups excluding carboxylic acids is 1. The van der Waals surface area contributed by atoms with E-state index >= 15 is 0 Å². The Labute approximate surface area is 215 Å². The van der Waals surface area contributed by atoms with Gasteiger partial charge in [0, 0.05) is 51.5 Å². The fourth-order valence-electron chi connectivity index (χ4n) is 4.86. The normalized spacial score (nSPS) is 17.5. The molecule has 0 spiro atoms. The Bertz CT molecular complexity index is 1230. The zero-order chi connectivity index (χ0) is 25.5. The van der Waals surface area contributed by atoms with Gasteiger partial charge in [-0.2, -0.15) is 10.1 Å². The number of piperazine rings is 1. The number of rotatable bonds is 9. The molecule has 0 saturated carbocycles. The van der Waals surface area contributed by atoms with E-state index in [1.54, 1.807) is 6.20 Å². The summed E-state index contributed by atoms with van der Waals surface area (Å²) < 4.78 is 5.95. The number of aldehydes is 1. The molecule has 2 saturated heterocycles. The lowest BCUT2D eigenvalue weighted by atomic mass is 10.2. The molecule has 0 atom stereocenters. The van der Waals surface area contributed by atoms with E-state index < -0.39 is 0 Å². The van der Waals surface area contributed by atoms with Crippen LogP contribution < -0.4 is 20.5 Å². The summed E-state index contributed by atoms with van der Waals surface area (Å²) in [6.07, 6.45) is 7.18. The zero-order valence-electron chi connectivity index (χ0n) is 21.1. The van der Waals surface area contributed by atoms with E-state index in [2.05, 4.69) is 35.2 Å². The van der Waals surface area contributed by atoms with Gasteiger partial charge >= 0.3 is 0 Å². The third-order valence-corrected chi connectivity index (χ3v) is 6.99. The number of carbonyl (C=O) groups is 1. The van der Waals surface area contributed by atoms with Crippen molar-refractivity contribution in [2.45, 2.75) is 25.7 Å². The van der Waals surface area contributed by atoms with Crippen LogP contribution in [0.1, 0.15) is 25.7 Å². The van der Waals surface area contributed by atoms with Crippen molar-refractivity contribution < 1.29 is 9.53 Å². The van der Waals surface area contributed by atoms with Gasteiger partial charge in [-0.3, -0.25) is 14.6 Å². The minimum absolute atomic E-state index is 0.325. The topological polar surface area (TPSA) is 120 Å². The summed E-state index contributed by atoms with van der Waals surface area (Å²) in [5.41, 5.74) is 0.999. The van der Waals surface area contributed by atoms with E-state index in [4.69, 9.17) is 9.72 Å². The number of benzene rings is 1. The van der Waals surface area contributed by atoms with Gasteiger partial charge in [-0.15, -0.1) is 0 Å². The number of anilines is 3. The van der Waals surface area contributed by atoms with Crippen LogP contribution in [0.15, 0.2) is 35.3 Å². The first-order valence-electron chi connectivity index (χ1n) is 13.1. The summed E-state index contributed by atoms with van der Waals surface area (Å²) in [4.78, 5) is 39.4. The zero-order valence-corrected chi connectivity index (χ0v) is 21.1. The van der Waals surface area contributed by atoms with E-state index in [0.717, 1.165) is 76.4 Å². The Morgan fingerprint density at radius 3 is 2.41 bits per heavy atom. The molecular formula is C26H34N8O3. The highest BCUT2D eigenvalue weighted by molar-refractivity contribution is 5.90. The van der Waals surface area contributed by atoms with Gasteiger partial charge in [-0.25, -0.2) is 10.1 Å². The maximum absolute atomic E-state index is 12.6. The first kappa shape index (κ1) is 25.1. The van der Waals surface area contributed by atoms with E-state index in [0.29, 0.717) is 35.8 Å². The van der Waals surface area contributed by atoms with Crippen molar-refractivity contribution in [3.05, 3.63) is 40.8 Å². The molecule has 11 nitrogen and oxygen atoms in total. The lowest BCUT2D eigenvalue weighted by Gasteiger charge is -2.33. The largest absolute Gasteiger partial charge is 0.492 e. The number of ether oxygens (including phenoxy) is 1. The van der Waals surface area contributed by atoms with E-state index in [-0.39, 0.29) is 5.56 Å². The molecule has 3 aromatic rings. The summed E-state index contributed by atoms with van der Waals surface area (Å²) >= 11 is 0. The molecule has 2 aromatic heterocycles. The first-order valence-corrected chi connectivity index (χ1v) is 13.1. The number of nitrogens with one attached hydrogen (secondary N) is 2. The summed E-state index contributed by atoms with van der Waals surface area (Å²) in [7, 11) is 0. The number of aromatic amines is 1. The monoisotopic (exact) mass is 506 g/mol. The maximum atomic E-state index is 12.6. The molecule has 2 fully saturated rings. The number of nitrogens with zero attached hydrogens (tertiary/aromatic N) is 6. The van der Waals surface area contributed by atoms with Crippen molar-refractivity contribution in [1.82, 2.24) is 30.0 Å². The van der Waals surface area contributed by atoms with Gasteiger partial charge in [0.2, 0.25) is 5.95 Å². The number of hydrogen-bond donors (Lipinski definition) is 2. The third kappa shape index (κ3) is 6.41. The summed E-state index contributed by atoms with van der Waals surface area (Å²) in [5, 5.41) is 10.1. The van der Waals surface area contributed by atoms with Gasteiger partial charge in [0.05, 0.1) is 12.7 Å². The Morgan fingerprint density at radius 1 is 0.946 bits per heavy atom. The fourth-order valence-corrected chi connectivity index (χ4v) is 4.86. The van der Waals surface area contributed by atoms with Crippen LogP contribution in [-0.4, -0.2) is 95.2 Å².